The van der Waals surface area contributed by atoms with Crippen molar-refractivity contribution in [3.05, 3.63) is 29.8 Å². The average molecular weight is 1110 g/mol. The highest BCUT2D eigenvalue weighted by Gasteiger charge is 2.26. The number of benzene rings is 1. The van der Waals surface area contributed by atoms with Crippen LogP contribution in [0.25, 0.3) is 0 Å². The Kier molecular flexibility index (Phi) is 38.9. The minimum absolute atomic E-state index is 0. The van der Waals surface area contributed by atoms with E-state index >= 15 is 0 Å². The Balaban J connectivity index is 0.0000608. The van der Waals surface area contributed by atoms with Crippen molar-refractivity contribution in [3.8, 4) is 5.75 Å². The molecule has 4 amide bonds. The van der Waals surface area contributed by atoms with Gasteiger partial charge in [0.05, 0.1) is 51.1 Å². The standard InChI is InChI=1S/C54H84N4O20.H2/c1-38(39(2)59)13-9-10-26-55-47(62)25-23-46(54(72)73)58-49(64)24-18-41(52(68)69)35-43(61)36-76-33-32-75-30-27-56-50(65)37-77-34-31-74-28-12-14-42(60)19-22-45(53(70)71)57-48(63)15-8-6-4-3-5-7-11-29-78-44-20-16-40(17-21-44)51(66)67;/h16-17,20-21,38,41,45-46H,3-15,18-19,22-37H2,1-2H3,(H,55,62)(H,56,65)(H,57,63)(H,58,64)(H,66,67)(H,68,69)(H,70,71)(H,72,73);1H/t38-,41+,45-,46-;/m0./s1. The maximum absolute atomic E-state index is 12.5. The van der Waals surface area contributed by atoms with Crippen LogP contribution in [-0.4, -0.2) is 170 Å². The van der Waals surface area contributed by atoms with Crippen LogP contribution in [0.15, 0.2) is 24.3 Å². The highest BCUT2D eigenvalue weighted by atomic mass is 16.5. The molecule has 0 aliphatic carbocycles. The Morgan fingerprint density at radius 3 is 1.64 bits per heavy atom. The molecular weight excluding hydrogens is 1020 g/mol. The molecule has 0 saturated carbocycles. The third kappa shape index (κ3) is 37.4. The third-order valence-corrected chi connectivity index (χ3v) is 12.2. The van der Waals surface area contributed by atoms with Gasteiger partial charge in [-0.05, 0) is 82.6 Å². The molecule has 0 aromatic heterocycles. The van der Waals surface area contributed by atoms with Crippen molar-refractivity contribution >= 4 is 64.9 Å². The summed E-state index contributed by atoms with van der Waals surface area (Å²) in [5, 5.41) is 47.7. The average Bonchev–Trinajstić information content (AvgIpc) is 3.39. The Morgan fingerprint density at radius 1 is 0.474 bits per heavy atom. The smallest absolute Gasteiger partial charge is 0.335 e. The lowest BCUT2D eigenvalue weighted by Crippen LogP contribution is -2.42. The summed E-state index contributed by atoms with van der Waals surface area (Å²) < 4.78 is 27.0. The summed E-state index contributed by atoms with van der Waals surface area (Å²) in [5.41, 5.74) is 0.203. The number of carboxylic acids is 4. The predicted molar refractivity (Wildman–Crippen MR) is 283 cm³/mol. The number of nitrogens with one attached hydrogen (secondary N) is 4. The molecule has 0 spiro atoms. The first-order valence-corrected chi connectivity index (χ1v) is 26.9. The number of hydrogen-bond acceptors (Lipinski definition) is 16. The number of aliphatic carboxylic acids is 3. The molecule has 78 heavy (non-hydrogen) atoms. The fraction of sp³-hybridized carbons (Fsp3) is 0.685. The topological polar surface area (TPSA) is 363 Å². The fourth-order valence-corrected chi connectivity index (χ4v) is 7.43. The lowest BCUT2D eigenvalue weighted by molar-refractivity contribution is -0.145. The van der Waals surface area contributed by atoms with Crippen LogP contribution in [-0.2, 0) is 66.9 Å². The Morgan fingerprint density at radius 2 is 1.03 bits per heavy atom. The number of hydrogen-bond donors (Lipinski definition) is 8. The maximum atomic E-state index is 12.5. The third-order valence-electron chi connectivity index (χ3n) is 12.2. The summed E-state index contributed by atoms with van der Waals surface area (Å²) in [6.07, 6.45) is 7.65. The first-order chi connectivity index (χ1) is 37.3. The van der Waals surface area contributed by atoms with E-state index in [4.69, 9.17) is 28.8 Å². The molecule has 24 heteroatoms. The lowest BCUT2D eigenvalue weighted by Gasteiger charge is -2.16. The molecule has 0 bridgehead atoms. The van der Waals surface area contributed by atoms with E-state index in [9.17, 15) is 68.1 Å². The summed E-state index contributed by atoms with van der Waals surface area (Å²) in [6.45, 7) is 4.50. The molecule has 1 rings (SSSR count). The van der Waals surface area contributed by atoms with Crippen LogP contribution in [0.1, 0.15) is 154 Å². The van der Waals surface area contributed by atoms with E-state index in [1.807, 2.05) is 6.92 Å². The number of Topliss-reactive ketones (excluding diaryl/α,β-unsaturated/α-hetero) is 3. The van der Waals surface area contributed by atoms with Crippen molar-refractivity contribution in [2.24, 2.45) is 11.8 Å². The number of ketones is 3. The second-order valence-electron chi connectivity index (χ2n) is 18.9. The van der Waals surface area contributed by atoms with Gasteiger partial charge in [-0.25, -0.2) is 14.4 Å². The van der Waals surface area contributed by atoms with Gasteiger partial charge in [-0.3, -0.25) is 38.4 Å². The van der Waals surface area contributed by atoms with E-state index in [1.54, 1.807) is 12.1 Å². The highest BCUT2D eigenvalue weighted by Crippen LogP contribution is 2.16. The van der Waals surface area contributed by atoms with Crippen LogP contribution in [0.3, 0.4) is 0 Å². The van der Waals surface area contributed by atoms with Crippen LogP contribution < -0.4 is 26.0 Å². The van der Waals surface area contributed by atoms with Gasteiger partial charge in [0.1, 0.15) is 42.6 Å². The zero-order valence-electron chi connectivity index (χ0n) is 45.4. The molecule has 0 aliphatic heterocycles. The van der Waals surface area contributed by atoms with Crippen LogP contribution in [0.4, 0.5) is 0 Å². The van der Waals surface area contributed by atoms with Gasteiger partial charge in [0.2, 0.25) is 23.6 Å². The fourth-order valence-electron chi connectivity index (χ4n) is 7.43. The number of ether oxygens (including phenoxy) is 5. The van der Waals surface area contributed by atoms with Gasteiger partial charge < -0.3 is 65.4 Å². The van der Waals surface area contributed by atoms with Crippen molar-refractivity contribution in [2.45, 2.75) is 154 Å². The Labute approximate surface area is 457 Å². The molecule has 8 N–H and O–H groups in total. The predicted octanol–water partition coefficient (Wildman–Crippen LogP) is 4.31. The number of aromatic carboxylic acids is 1. The monoisotopic (exact) mass is 1110 g/mol. The molecular formula is C54H86N4O20. The van der Waals surface area contributed by atoms with E-state index in [0.717, 1.165) is 44.9 Å². The van der Waals surface area contributed by atoms with Gasteiger partial charge in [-0.2, -0.15) is 0 Å². The Bertz CT molecular complexity index is 2010. The van der Waals surface area contributed by atoms with Crippen LogP contribution in [0.2, 0.25) is 0 Å². The molecule has 24 nitrogen and oxygen atoms in total. The van der Waals surface area contributed by atoms with Gasteiger partial charge in [-0.15, -0.1) is 0 Å². The molecule has 0 radical (unpaired) electrons. The van der Waals surface area contributed by atoms with Crippen molar-refractivity contribution in [2.75, 3.05) is 72.6 Å². The van der Waals surface area contributed by atoms with Gasteiger partial charge in [0.15, 0.2) is 5.78 Å². The summed E-state index contributed by atoms with van der Waals surface area (Å²) in [6, 6.07) is 3.72. The summed E-state index contributed by atoms with van der Waals surface area (Å²) in [7, 11) is 0. The highest BCUT2D eigenvalue weighted by molar-refractivity contribution is 5.88. The number of carbonyl (C=O) groups excluding carboxylic acids is 7. The molecule has 1 aromatic rings. The van der Waals surface area contributed by atoms with E-state index < -0.39 is 78.4 Å². The van der Waals surface area contributed by atoms with E-state index in [2.05, 4.69) is 21.3 Å². The molecule has 0 aliphatic rings. The normalized spacial score (nSPS) is 12.5. The number of carboxylic acid groups (broad SMARTS) is 4. The van der Waals surface area contributed by atoms with Crippen molar-refractivity contribution < 1.29 is 98.3 Å². The quantitative estimate of drug-likeness (QED) is 0.0421. The van der Waals surface area contributed by atoms with E-state index in [0.29, 0.717) is 44.6 Å². The van der Waals surface area contributed by atoms with Crippen LogP contribution in [0.5, 0.6) is 5.75 Å². The number of unbranched alkanes of at least 4 members (excludes halogenated alkanes) is 7. The lowest BCUT2D eigenvalue weighted by atomic mass is 9.97. The van der Waals surface area contributed by atoms with Gasteiger partial charge in [0, 0.05) is 65.6 Å². The van der Waals surface area contributed by atoms with Crippen molar-refractivity contribution in [1.29, 1.82) is 0 Å². The zero-order chi connectivity index (χ0) is 57.9. The molecule has 0 heterocycles. The van der Waals surface area contributed by atoms with Crippen LogP contribution >= 0.6 is 0 Å². The number of rotatable bonds is 51. The first kappa shape index (κ1) is 69.6. The van der Waals surface area contributed by atoms with Crippen molar-refractivity contribution in [3.63, 3.8) is 0 Å². The maximum Gasteiger partial charge on any atom is 0.335 e. The molecule has 442 valence electrons. The number of amides is 4. The molecule has 0 saturated heterocycles. The zero-order valence-corrected chi connectivity index (χ0v) is 45.4. The van der Waals surface area contributed by atoms with E-state index in [1.165, 1.54) is 19.1 Å². The minimum Gasteiger partial charge on any atom is -0.494 e. The number of carbonyl (C=O) groups is 11. The molecule has 4 atom stereocenters. The molecule has 1 aromatic carbocycles. The summed E-state index contributed by atoms with van der Waals surface area (Å²) >= 11 is 0. The van der Waals surface area contributed by atoms with Crippen LogP contribution in [0, 0.1) is 11.8 Å². The first-order valence-electron chi connectivity index (χ1n) is 26.9. The molecule has 0 unspecified atom stereocenters. The largest absolute Gasteiger partial charge is 0.494 e. The SMILES string of the molecule is CC(=O)[C@@H](C)CCCCNC(=O)CC[C@H](NC(=O)CC[C@H](CC(=O)COCCOCCNC(=O)COCCOCCCC(=O)CC[C@H](NC(=O)CCCCCCCCCOc1ccc(C(=O)O)cc1)C(=O)O)C(=O)O)C(=O)O.[HH]. The summed E-state index contributed by atoms with van der Waals surface area (Å²) in [5.74, 6) is -8.03. The summed E-state index contributed by atoms with van der Waals surface area (Å²) in [4.78, 5) is 131. The van der Waals surface area contributed by atoms with Gasteiger partial charge in [-0.1, -0.05) is 45.4 Å². The van der Waals surface area contributed by atoms with Gasteiger partial charge in [0.25, 0.3) is 0 Å². The minimum atomic E-state index is -1.38. The second-order valence-corrected chi connectivity index (χ2v) is 18.9. The Hall–Kier alpha value is -6.37. The second kappa shape index (κ2) is 43.6. The van der Waals surface area contributed by atoms with Gasteiger partial charge >= 0.3 is 23.9 Å². The molecule has 0 fully saturated rings. The van der Waals surface area contributed by atoms with Crippen molar-refractivity contribution in [1.82, 2.24) is 21.3 Å². The van der Waals surface area contributed by atoms with E-state index in [-0.39, 0.29) is 135 Å².